The van der Waals surface area contributed by atoms with Crippen LogP contribution in [0.5, 0.6) is 0 Å². The molecule has 0 aromatic heterocycles. The smallest absolute Gasteiger partial charge is 0.337 e. The Kier molecular flexibility index (Phi) is 4.27. The van der Waals surface area contributed by atoms with Gasteiger partial charge in [-0.25, -0.2) is 4.79 Å². The molecule has 5 nitrogen and oxygen atoms in total. The van der Waals surface area contributed by atoms with E-state index >= 15 is 0 Å². The lowest BCUT2D eigenvalue weighted by Crippen LogP contribution is -2.50. The number of rotatable bonds is 3. The highest BCUT2D eigenvalue weighted by Gasteiger charge is 2.24. The quantitative estimate of drug-likeness (QED) is 0.912. The second-order valence-electron chi connectivity index (χ2n) is 5.29. The molecule has 1 heterocycles. The van der Waals surface area contributed by atoms with E-state index in [9.17, 15) is 14.7 Å². The molecule has 1 saturated heterocycles. The van der Waals surface area contributed by atoms with Gasteiger partial charge in [-0.05, 0) is 12.1 Å². The van der Waals surface area contributed by atoms with E-state index in [2.05, 4.69) is 0 Å². The van der Waals surface area contributed by atoms with Gasteiger partial charge < -0.3 is 14.9 Å². The molecule has 0 aliphatic carbocycles. The Morgan fingerprint density at radius 1 is 1.10 bits per heavy atom. The SMILES string of the molecule is CC(C)C(=O)N1CCN(c2ccccc2C(=O)O)CC1. The number of hydrogen-bond donors (Lipinski definition) is 1. The summed E-state index contributed by atoms with van der Waals surface area (Å²) in [6, 6.07) is 7.01. The van der Waals surface area contributed by atoms with Crippen LogP contribution in [0.15, 0.2) is 24.3 Å². The highest BCUT2D eigenvalue weighted by atomic mass is 16.4. The number of carbonyl (C=O) groups excluding carboxylic acids is 1. The number of hydrogen-bond acceptors (Lipinski definition) is 3. The zero-order valence-corrected chi connectivity index (χ0v) is 11.9. The number of anilines is 1. The molecule has 1 amide bonds. The van der Waals surface area contributed by atoms with Gasteiger partial charge in [0.05, 0.1) is 11.3 Å². The van der Waals surface area contributed by atoms with Gasteiger partial charge in [0.25, 0.3) is 0 Å². The van der Waals surface area contributed by atoms with Crippen LogP contribution in [-0.2, 0) is 4.79 Å². The summed E-state index contributed by atoms with van der Waals surface area (Å²) >= 11 is 0. The van der Waals surface area contributed by atoms with Crippen molar-refractivity contribution in [2.24, 2.45) is 5.92 Å². The van der Waals surface area contributed by atoms with Gasteiger partial charge in [0.2, 0.25) is 5.91 Å². The molecule has 1 fully saturated rings. The van der Waals surface area contributed by atoms with Gasteiger partial charge in [0.1, 0.15) is 0 Å². The first-order chi connectivity index (χ1) is 9.50. The Hall–Kier alpha value is -2.04. The monoisotopic (exact) mass is 276 g/mol. The first kappa shape index (κ1) is 14.4. The van der Waals surface area contributed by atoms with E-state index in [1.54, 1.807) is 12.1 Å². The first-order valence-corrected chi connectivity index (χ1v) is 6.86. The fourth-order valence-electron chi connectivity index (χ4n) is 2.46. The molecule has 1 aliphatic heterocycles. The van der Waals surface area contributed by atoms with Crippen LogP contribution in [0.1, 0.15) is 24.2 Å². The number of carboxylic acid groups (broad SMARTS) is 1. The molecule has 1 aliphatic rings. The normalized spacial score (nSPS) is 15.6. The van der Waals surface area contributed by atoms with Gasteiger partial charge in [-0.1, -0.05) is 26.0 Å². The predicted molar refractivity (Wildman–Crippen MR) is 77.0 cm³/mol. The van der Waals surface area contributed by atoms with Gasteiger partial charge >= 0.3 is 5.97 Å². The van der Waals surface area contributed by atoms with Crippen molar-refractivity contribution < 1.29 is 14.7 Å². The summed E-state index contributed by atoms with van der Waals surface area (Å²) < 4.78 is 0. The summed E-state index contributed by atoms with van der Waals surface area (Å²) in [6.07, 6.45) is 0. The van der Waals surface area contributed by atoms with Gasteiger partial charge in [0, 0.05) is 32.1 Å². The number of carboxylic acids is 1. The Balaban J connectivity index is 2.08. The molecular weight excluding hydrogens is 256 g/mol. The molecule has 0 spiro atoms. The van der Waals surface area contributed by atoms with Crippen molar-refractivity contribution in [3.63, 3.8) is 0 Å². The molecule has 2 rings (SSSR count). The van der Waals surface area contributed by atoms with Crippen LogP contribution in [0.4, 0.5) is 5.69 Å². The molecular formula is C15H20N2O3. The molecule has 0 atom stereocenters. The molecule has 1 N–H and O–H groups in total. The minimum absolute atomic E-state index is 0.00727. The highest BCUT2D eigenvalue weighted by molar-refractivity contribution is 5.94. The van der Waals surface area contributed by atoms with E-state index in [-0.39, 0.29) is 11.8 Å². The van der Waals surface area contributed by atoms with Crippen molar-refractivity contribution in [2.75, 3.05) is 31.1 Å². The number of benzene rings is 1. The van der Waals surface area contributed by atoms with Crippen molar-refractivity contribution in [3.05, 3.63) is 29.8 Å². The third kappa shape index (κ3) is 2.92. The van der Waals surface area contributed by atoms with Crippen molar-refractivity contribution in [3.8, 4) is 0 Å². The third-order valence-corrected chi connectivity index (χ3v) is 3.56. The van der Waals surface area contributed by atoms with Crippen LogP contribution in [-0.4, -0.2) is 48.1 Å². The van der Waals surface area contributed by atoms with E-state index in [1.165, 1.54) is 0 Å². The lowest BCUT2D eigenvalue weighted by atomic mass is 10.1. The lowest BCUT2D eigenvalue weighted by Gasteiger charge is -2.37. The second kappa shape index (κ2) is 5.94. The lowest BCUT2D eigenvalue weighted by molar-refractivity contribution is -0.134. The topological polar surface area (TPSA) is 60.9 Å². The van der Waals surface area contributed by atoms with Crippen LogP contribution in [0.3, 0.4) is 0 Å². The zero-order chi connectivity index (χ0) is 14.7. The average Bonchev–Trinajstić information content (AvgIpc) is 2.46. The number of carbonyl (C=O) groups is 2. The summed E-state index contributed by atoms with van der Waals surface area (Å²) in [5.74, 6) is -0.745. The number of aromatic carboxylic acids is 1. The highest BCUT2D eigenvalue weighted by Crippen LogP contribution is 2.22. The van der Waals surface area contributed by atoms with Crippen molar-refractivity contribution in [1.82, 2.24) is 4.90 Å². The minimum atomic E-state index is -0.915. The van der Waals surface area contributed by atoms with Gasteiger partial charge in [-0.3, -0.25) is 4.79 Å². The van der Waals surface area contributed by atoms with E-state index in [0.29, 0.717) is 31.7 Å². The van der Waals surface area contributed by atoms with E-state index in [0.717, 1.165) is 5.69 Å². The molecule has 108 valence electrons. The maximum atomic E-state index is 11.9. The number of para-hydroxylation sites is 1. The zero-order valence-electron chi connectivity index (χ0n) is 11.9. The van der Waals surface area contributed by atoms with Crippen molar-refractivity contribution in [1.29, 1.82) is 0 Å². The Morgan fingerprint density at radius 2 is 1.70 bits per heavy atom. The fourth-order valence-corrected chi connectivity index (χ4v) is 2.46. The number of nitrogens with zero attached hydrogens (tertiary/aromatic N) is 2. The van der Waals surface area contributed by atoms with Gasteiger partial charge in [0.15, 0.2) is 0 Å². The second-order valence-corrected chi connectivity index (χ2v) is 5.29. The number of amides is 1. The molecule has 1 aromatic rings. The maximum Gasteiger partial charge on any atom is 0.337 e. The Labute approximate surface area is 118 Å². The molecule has 0 saturated carbocycles. The van der Waals surface area contributed by atoms with Crippen LogP contribution in [0.2, 0.25) is 0 Å². The Bertz CT molecular complexity index is 506. The Morgan fingerprint density at radius 3 is 2.25 bits per heavy atom. The van der Waals surface area contributed by atoms with Gasteiger partial charge in [-0.15, -0.1) is 0 Å². The van der Waals surface area contributed by atoms with Crippen LogP contribution >= 0.6 is 0 Å². The molecule has 1 aromatic carbocycles. The maximum absolute atomic E-state index is 11.9. The molecule has 20 heavy (non-hydrogen) atoms. The van der Waals surface area contributed by atoms with E-state index in [4.69, 9.17) is 0 Å². The first-order valence-electron chi connectivity index (χ1n) is 6.86. The van der Waals surface area contributed by atoms with Crippen LogP contribution < -0.4 is 4.90 Å². The summed E-state index contributed by atoms with van der Waals surface area (Å²) in [5.41, 5.74) is 1.05. The van der Waals surface area contributed by atoms with E-state index < -0.39 is 5.97 Å². The third-order valence-electron chi connectivity index (χ3n) is 3.56. The van der Waals surface area contributed by atoms with Crippen molar-refractivity contribution >= 4 is 17.6 Å². The standard InChI is InChI=1S/C15H20N2O3/c1-11(2)14(18)17-9-7-16(8-10-17)13-6-4-3-5-12(13)15(19)20/h3-6,11H,7-10H2,1-2H3,(H,19,20). The van der Waals surface area contributed by atoms with E-state index in [1.807, 2.05) is 35.8 Å². The van der Waals surface area contributed by atoms with Crippen molar-refractivity contribution in [2.45, 2.75) is 13.8 Å². The summed E-state index contributed by atoms with van der Waals surface area (Å²) in [7, 11) is 0. The average molecular weight is 276 g/mol. The molecule has 5 heteroatoms. The van der Waals surface area contributed by atoms with Gasteiger partial charge in [-0.2, -0.15) is 0 Å². The minimum Gasteiger partial charge on any atom is -0.478 e. The van der Waals surface area contributed by atoms with Crippen LogP contribution in [0, 0.1) is 5.92 Å². The molecule has 0 unspecified atom stereocenters. The van der Waals surface area contributed by atoms with Crippen LogP contribution in [0.25, 0.3) is 0 Å². The molecule has 0 bridgehead atoms. The summed E-state index contributed by atoms with van der Waals surface area (Å²) in [4.78, 5) is 27.1. The summed E-state index contributed by atoms with van der Waals surface area (Å²) in [6.45, 7) is 6.42. The number of piperazine rings is 1. The molecule has 0 radical (unpaired) electrons. The summed E-state index contributed by atoms with van der Waals surface area (Å²) in [5, 5.41) is 9.22. The fraction of sp³-hybridized carbons (Fsp3) is 0.467. The predicted octanol–water partition coefficient (Wildman–Crippen LogP) is 1.69. The largest absolute Gasteiger partial charge is 0.478 e.